The lowest BCUT2D eigenvalue weighted by molar-refractivity contribution is 0.571. The van der Waals surface area contributed by atoms with E-state index in [0.717, 1.165) is 6.42 Å². The maximum Gasteiger partial charge on any atom is 0.166 e. The highest BCUT2D eigenvalue weighted by Crippen LogP contribution is 2.37. The molecule has 0 heterocycles. The Morgan fingerprint density at radius 3 is 1.21 bits per heavy atom. The molecule has 0 saturated carbocycles. The van der Waals surface area contributed by atoms with E-state index < -0.39 is 7.55 Å². The molecule has 0 fully saturated rings. The molecule has 0 radical (unpaired) electrons. The van der Waals surface area contributed by atoms with Crippen LogP contribution >= 0.6 is 7.55 Å². The van der Waals surface area contributed by atoms with Gasteiger partial charge in [-0.2, -0.15) is 0 Å². The predicted molar refractivity (Wildman–Crippen MR) is 155 cm³/mol. The van der Waals surface area contributed by atoms with Crippen LogP contribution in [0.5, 0.6) is 0 Å². The first kappa shape index (κ1) is 27.9. The lowest BCUT2D eigenvalue weighted by Crippen LogP contribution is -2.29. The highest BCUT2D eigenvalue weighted by molar-refractivity contribution is 7.72. The summed E-state index contributed by atoms with van der Waals surface area (Å²) in [6, 6.07) is 14.7. The highest BCUT2D eigenvalue weighted by Gasteiger charge is 2.34. The van der Waals surface area contributed by atoms with E-state index in [1.807, 2.05) is 0 Å². The molecule has 0 aliphatic heterocycles. The van der Waals surface area contributed by atoms with Crippen LogP contribution < -0.4 is 10.6 Å². The second-order valence-electron chi connectivity index (χ2n) is 13.8. The van der Waals surface area contributed by atoms with Crippen LogP contribution in [-0.4, -0.2) is 5.80 Å². The largest absolute Gasteiger partial charge is 0.166 e. The summed E-state index contributed by atoms with van der Waals surface area (Å²) in [6.45, 7) is 30.5. The Bertz CT molecular complexity index is 915. The standard InChI is InChI=1S/C32H50P/c1-14-15-20-33(27-18-16-23(29(2,3)4)21-25(27)31(8,9)10)28-19-17-24(30(5,6)7)22-26(28)32(11,12)13/h16-22H,14-15H2,1-13H3/q+1. The van der Waals surface area contributed by atoms with Crippen molar-refractivity contribution in [1.82, 2.24) is 0 Å². The van der Waals surface area contributed by atoms with Crippen molar-refractivity contribution in [1.29, 1.82) is 0 Å². The molecule has 1 heteroatoms. The monoisotopic (exact) mass is 465 g/mol. The minimum Gasteiger partial charge on any atom is -0.0649 e. The summed E-state index contributed by atoms with van der Waals surface area (Å²) in [5, 5.41) is 3.07. The first-order valence-corrected chi connectivity index (χ1v) is 14.2. The lowest BCUT2D eigenvalue weighted by Gasteiger charge is -2.27. The lowest BCUT2D eigenvalue weighted by atomic mass is 9.80. The van der Waals surface area contributed by atoms with E-state index in [4.69, 9.17) is 0 Å². The molecule has 2 rings (SSSR count). The molecule has 33 heavy (non-hydrogen) atoms. The van der Waals surface area contributed by atoms with Crippen LogP contribution in [-0.2, 0) is 21.7 Å². The molecular weight excluding hydrogens is 415 g/mol. The summed E-state index contributed by atoms with van der Waals surface area (Å²) in [5.74, 6) is 2.64. The van der Waals surface area contributed by atoms with Gasteiger partial charge in [0.2, 0.25) is 0 Å². The fourth-order valence-electron chi connectivity index (χ4n) is 4.21. The van der Waals surface area contributed by atoms with Gasteiger partial charge in [-0.15, -0.1) is 0 Å². The average molecular weight is 466 g/mol. The molecule has 0 aromatic heterocycles. The van der Waals surface area contributed by atoms with Crippen molar-refractivity contribution >= 4 is 24.0 Å². The van der Waals surface area contributed by atoms with Crippen molar-refractivity contribution in [3.05, 3.63) is 58.7 Å². The van der Waals surface area contributed by atoms with Gasteiger partial charge in [0.25, 0.3) is 0 Å². The van der Waals surface area contributed by atoms with Crippen LogP contribution in [0.2, 0.25) is 0 Å². The Morgan fingerprint density at radius 2 is 0.939 bits per heavy atom. The van der Waals surface area contributed by atoms with E-state index in [1.54, 1.807) is 0 Å². The zero-order valence-electron chi connectivity index (χ0n) is 23.9. The molecule has 0 saturated heterocycles. The van der Waals surface area contributed by atoms with E-state index in [2.05, 4.69) is 132 Å². The van der Waals surface area contributed by atoms with E-state index in [-0.39, 0.29) is 21.7 Å². The molecule has 182 valence electrons. The van der Waals surface area contributed by atoms with Gasteiger partial charge in [0.1, 0.15) is 0 Å². The maximum absolute atomic E-state index is 2.64. The predicted octanol–water partition coefficient (Wildman–Crippen LogP) is 8.91. The number of rotatable bonds is 4. The molecule has 0 unspecified atom stereocenters. The van der Waals surface area contributed by atoms with Gasteiger partial charge >= 0.3 is 0 Å². The van der Waals surface area contributed by atoms with Crippen LogP contribution in [0.3, 0.4) is 0 Å². The molecule has 0 atom stereocenters. The summed E-state index contributed by atoms with van der Waals surface area (Å²) in [6.07, 6.45) is 2.34. The topological polar surface area (TPSA) is 0 Å². The van der Waals surface area contributed by atoms with Crippen molar-refractivity contribution in [3.8, 4) is 0 Å². The molecule has 0 bridgehead atoms. The van der Waals surface area contributed by atoms with Gasteiger partial charge in [0.05, 0.1) is 5.80 Å². The zero-order valence-corrected chi connectivity index (χ0v) is 24.8. The molecule has 0 N–H and O–H groups in total. The van der Waals surface area contributed by atoms with E-state index in [1.165, 1.54) is 39.3 Å². The third kappa shape index (κ3) is 6.82. The molecule has 0 aliphatic rings. The van der Waals surface area contributed by atoms with Gasteiger partial charge in [0, 0.05) is 17.5 Å². The number of unbranched alkanes of at least 4 members (excludes halogenated alkanes) is 1. The minimum absolute atomic E-state index is 0.102. The van der Waals surface area contributed by atoms with Crippen molar-refractivity contribution in [3.63, 3.8) is 0 Å². The Kier molecular flexibility index (Phi) is 8.18. The number of benzene rings is 2. The first-order chi connectivity index (χ1) is 14.9. The second kappa shape index (κ2) is 9.70. The SMILES string of the molecule is CCCC=[P+](c1ccc(C(C)(C)C)cc1C(C)(C)C)c1ccc(C(C)(C)C)cc1C(C)(C)C. The van der Waals surface area contributed by atoms with Gasteiger partial charge < -0.3 is 0 Å². The Balaban J connectivity index is 2.91. The van der Waals surface area contributed by atoms with E-state index in [9.17, 15) is 0 Å². The molecule has 0 amide bonds. The Hall–Kier alpha value is -1.39. The molecule has 0 spiro atoms. The summed E-state index contributed by atoms with van der Waals surface area (Å²) in [7, 11) is -0.548. The third-order valence-electron chi connectivity index (χ3n) is 6.46. The van der Waals surface area contributed by atoms with Crippen LogP contribution in [0.1, 0.15) is 125 Å². The third-order valence-corrected chi connectivity index (χ3v) is 8.90. The van der Waals surface area contributed by atoms with Gasteiger partial charge in [-0.05, 0) is 51.3 Å². The van der Waals surface area contributed by atoms with Crippen LogP contribution in [0.25, 0.3) is 0 Å². The fourth-order valence-corrected chi connectivity index (χ4v) is 7.17. The summed E-state index contributed by atoms with van der Waals surface area (Å²) >= 11 is 0. The van der Waals surface area contributed by atoms with Crippen molar-refractivity contribution in [2.45, 2.75) is 125 Å². The van der Waals surface area contributed by atoms with Crippen molar-refractivity contribution in [2.75, 3.05) is 0 Å². The van der Waals surface area contributed by atoms with Gasteiger partial charge in [0.15, 0.2) is 18.2 Å². The second-order valence-corrected chi connectivity index (χ2v) is 15.9. The quantitative estimate of drug-likeness (QED) is 0.395. The van der Waals surface area contributed by atoms with Crippen LogP contribution in [0.4, 0.5) is 0 Å². The molecule has 2 aromatic rings. The molecule has 0 aliphatic carbocycles. The molecule has 0 nitrogen and oxygen atoms in total. The number of hydrogen-bond donors (Lipinski definition) is 0. The van der Waals surface area contributed by atoms with Gasteiger partial charge in [-0.25, -0.2) is 0 Å². The fraction of sp³-hybridized carbons (Fsp3) is 0.594. The number of hydrogen-bond acceptors (Lipinski definition) is 0. The molecular formula is C32H50P+. The zero-order chi connectivity index (χ0) is 25.4. The first-order valence-electron chi connectivity index (χ1n) is 12.8. The van der Waals surface area contributed by atoms with Crippen LogP contribution in [0, 0.1) is 0 Å². The van der Waals surface area contributed by atoms with E-state index >= 15 is 0 Å². The van der Waals surface area contributed by atoms with Crippen LogP contribution in [0.15, 0.2) is 36.4 Å². The maximum atomic E-state index is 2.64. The smallest absolute Gasteiger partial charge is 0.0649 e. The Morgan fingerprint density at radius 1 is 0.576 bits per heavy atom. The van der Waals surface area contributed by atoms with Gasteiger partial charge in [-0.3, -0.25) is 0 Å². The molecule has 2 aromatic carbocycles. The van der Waals surface area contributed by atoms with Crippen molar-refractivity contribution in [2.24, 2.45) is 0 Å². The Labute approximate surface area is 207 Å². The average Bonchev–Trinajstić information content (AvgIpc) is 2.65. The summed E-state index contributed by atoms with van der Waals surface area (Å²) < 4.78 is 0. The summed E-state index contributed by atoms with van der Waals surface area (Å²) in [4.78, 5) is 0. The van der Waals surface area contributed by atoms with E-state index in [0.29, 0.717) is 0 Å². The highest BCUT2D eigenvalue weighted by atomic mass is 31.1. The normalized spacial score (nSPS) is 13.2. The van der Waals surface area contributed by atoms with Crippen molar-refractivity contribution < 1.29 is 0 Å². The summed E-state index contributed by atoms with van der Waals surface area (Å²) in [5.41, 5.74) is 6.39. The minimum atomic E-state index is -0.548. The van der Waals surface area contributed by atoms with Gasteiger partial charge in [-0.1, -0.05) is 114 Å².